The van der Waals surface area contributed by atoms with Crippen molar-refractivity contribution in [1.29, 1.82) is 0 Å². The van der Waals surface area contributed by atoms with Gasteiger partial charge in [0.1, 0.15) is 6.61 Å². The van der Waals surface area contributed by atoms with Gasteiger partial charge < -0.3 is 14.0 Å². The average molecular weight is 423 g/mol. The molecule has 0 radical (unpaired) electrons. The Bertz CT molecular complexity index is 1120. The smallest absolute Gasteiger partial charge is 0.198 e. The third-order valence-corrected chi connectivity index (χ3v) is 6.58. The number of benzene rings is 2. The highest BCUT2D eigenvalue weighted by atomic mass is 32.1. The quantitative estimate of drug-likeness (QED) is 0.582. The molecule has 2 heterocycles. The van der Waals surface area contributed by atoms with Gasteiger partial charge in [-0.15, -0.1) is 0 Å². The van der Waals surface area contributed by atoms with E-state index in [9.17, 15) is 0 Å². The summed E-state index contributed by atoms with van der Waals surface area (Å²) in [6.45, 7) is 1.05. The van der Waals surface area contributed by atoms with Crippen LogP contribution in [0, 0.1) is 4.77 Å². The summed E-state index contributed by atoms with van der Waals surface area (Å²) in [6.07, 6.45) is 3.23. The van der Waals surface area contributed by atoms with Crippen LogP contribution in [0.4, 0.5) is 0 Å². The van der Waals surface area contributed by atoms with Crippen LogP contribution in [0.2, 0.25) is 0 Å². The molecular weight excluding hydrogens is 396 g/mol. The van der Waals surface area contributed by atoms with Gasteiger partial charge in [0.25, 0.3) is 0 Å². The average Bonchev–Trinajstić information content (AvgIpc) is 3.06. The van der Waals surface area contributed by atoms with Gasteiger partial charge in [-0.05, 0) is 61.8 Å². The summed E-state index contributed by atoms with van der Waals surface area (Å²) >= 11 is 5.70. The molecule has 0 unspecified atom stereocenters. The highest BCUT2D eigenvalue weighted by Gasteiger charge is 2.28. The Morgan fingerprint density at radius 3 is 2.77 bits per heavy atom. The topological polar surface area (TPSA) is 44.5 Å². The lowest BCUT2D eigenvalue weighted by molar-refractivity contribution is 0.0818. The number of hydrogen-bond acceptors (Lipinski definition) is 5. The van der Waals surface area contributed by atoms with Gasteiger partial charge in [-0.25, -0.2) is 4.68 Å². The van der Waals surface area contributed by atoms with Gasteiger partial charge in [0.05, 0.1) is 6.67 Å². The van der Waals surface area contributed by atoms with Gasteiger partial charge in [0, 0.05) is 13.1 Å². The zero-order chi connectivity index (χ0) is 20.7. The summed E-state index contributed by atoms with van der Waals surface area (Å²) in [5, 5.41) is 4.83. The second kappa shape index (κ2) is 7.89. The molecule has 2 aromatic carbocycles. The zero-order valence-electron chi connectivity index (χ0n) is 17.3. The zero-order valence-corrected chi connectivity index (χ0v) is 18.1. The lowest BCUT2D eigenvalue weighted by Gasteiger charge is -2.33. The lowest BCUT2D eigenvalue weighted by Crippen LogP contribution is -2.30. The predicted molar refractivity (Wildman–Crippen MR) is 117 cm³/mol. The summed E-state index contributed by atoms with van der Waals surface area (Å²) in [6, 6.07) is 16.9. The van der Waals surface area contributed by atoms with Gasteiger partial charge >= 0.3 is 0 Å². The van der Waals surface area contributed by atoms with E-state index in [0.29, 0.717) is 24.1 Å². The van der Waals surface area contributed by atoms with Gasteiger partial charge in [0.15, 0.2) is 28.2 Å². The van der Waals surface area contributed by atoms with Crippen LogP contribution in [0.15, 0.2) is 48.5 Å². The SMILES string of the molecule is CN(Cn1nc([C@H]2COc3ccccc3O2)n(C)c1=S)[C@@H]1CCCc2ccccc21. The number of rotatable bonds is 4. The Balaban J connectivity index is 1.38. The Morgan fingerprint density at radius 2 is 1.90 bits per heavy atom. The Morgan fingerprint density at radius 1 is 1.13 bits per heavy atom. The molecule has 0 bridgehead atoms. The fourth-order valence-electron chi connectivity index (χ4n) is 4.52. The molecule has 1 aromatic heterocycles. The van der Waals surface area contributed by atoms with Crippen LogP contribution in [0.1, 0.15) is 41.9 Å². The molecule has 0 N–H and O–H groups in total. The number of para-hydroxylation sites is 2. The van der Waals surface area contributed by atoms with E-state index in [1.807, 2.05) is 40.6 Å². The van der Waals surface area contributed by atoms with Crippen molar-refractivity contribution in [3.8, 4) is 11.5 Å². The second-order valence-corrected chi connectivity index (χ2v) is 8.43. The van der Waals surface area contributed by atoms with E-state index >= 15 is 0 Å². The van der Waals surface area contributed by atoms with E-state index in [4.69, 9.17) is 26.8 Å². The number of hydrogen-bond donors (Lipinski definition) is 0. The minimum absolute atomic E-state index is 0.284. The van der Waals surface area contributed by atoms with Crippen molar-refractivity contribution in [2.45, 2.75) is 38.1 Å². The van der Waals surface area contributed by atoms with Gasteiger partial charge in [-0.2, -0.15) is 5.10 Å². The van der Waals surface area contributed by atoms with Crippen LogP contribution in [-0.2, 0) is 20.1 Å². The second-order valence-electron chi connectivity index (χ2n) is 8.07. The molecule has 0 amide bonds. The van der Waals surface area contributed by atoms with Gasteiger partial charge in [-0.3, -0.25) is 4.90 Å². The summed E-state index contributed by atoms with van der Waals surface area (Å²) in [7, 11) is 4.10. The number of aromatic nitrogens is 3. The highest BCUT2D eigenvalue weighted by Crippen LogP contribution is 2.36. The molecule has 0 spiro atoms. The summed E-state index contributed by atoms with van der Waals surface area (Å²) in [4.78, 5) is 2.35. The monoisotopic (exact) mass is 422 g/mol. The van der Waals surface area contributed by atoms with E-state index in [0.717, 1.165) is 30.2 Å². The Labute approximate surface area is 181 Å². The van der Waals surface area contributed by atoms with Crippen molar-refractivity contribution < 1.29 is 9.47 Å². The van der Waals surface area contributed by atoms with E-state index in [2.05, 4.69) is 36.2 Å². The Hall–Kier alpha value is -2.64. The minimum atomic E-state index is -0.284. The molecule has 156 valence electrons. The van der Waals surface area contributed by atoms with Gasteiger partial charge in [0.2, 0.25) is 0 Å². The molecular formula is C23H26N4O2S. The lowest BCUT2D eigenvalue weighted by atomic mass is 9.87. The van der Waals surface area contributed by atoms with Crippen LogP contribution in [0.3, 0.4) is 0 Å². The first-order chi connectivity index (χ1) is 14.6. The van der Waals surface area contributed by atoms with Crippen molar-refractivity contribution in [3.63, 3.8) is 0 Å². The highest BCUT2D eigenvalue weighted by molar-refractivity contribution is 7.71. The molecule has 7 heteroatoms. The van der Waals surface area contributed by atoms with E-state index in [1.54, 1.807) is 0 Å². The molecule has 1 aliphatic heterocycles. The van der Waals surface area contributed by atoms with Crippen LogP contribution >= 0.6 is 12.2 Å². The minimum Gasteiger partial charge on any atom is -0.485 e. The third kappa shape index (κ3) is 3.42. The largest absolute Gasteiger partial charge is 0.485 e. The molecule has 1 aliphatic carbocycles. The third-order valence-electron chi connectivity index (χ3n) is 6.10. The maximum Gasteiger partial charge on any atom is 0.198 e. The summed E-state index contributed by atoms with van der Waals surface area (Å²) in [5.74, 6) is 2.29. The first-order valence-electron chi connectivity index (χ1n) is 10.4. The molecule has 2 atom stereocenters. The molecule has 2 aliphatic rings. The normalized spacial score (nSPS) is 20.2. The van der Waals surface area contributed by atoms with Crippen molar-refractivity contribution >= 4 is 12.2 Å². The molecule has 30 heavy (non-hydrogen) atoms. The molecule has 5 rings (SSSR count). The Kier molecular flexibility index (Phi) is 5.08. The fraction of sp³-hybridized carbons (Fsp3) is 0.391. The van der Waals surface area contributed by atoms with Crippen LogP contribution in [0.5, 0.6) is 11.5 Å². The van der Waals surface area contributed by atoms with E-state index in [1.165, 1.54) is 17.5 Å². The summed E-state index contributed by atoms with van der Waals surface area (Å²) in [5.41, 5.74) is 2.88. The maximum atomic E-state index is 6.15. The molecule has 6 nitrogen and oxygen atoms in total. The van der Waals surface area contributed by atoms with Crippen molar-refractivity contribution in [2.24, 2.45) is 7.05 Å². The fourth-order valence-corrected chi connectivity index (χ4v) is 4.71. The number of nitrogens with zero attached hydrogens (tertiary/aromatic N) is 4. The number of ether oxygens (including phenoxy) is 2. The number of fused-ring (bicyclic) bond motifs is 2. The van der Waals surface area contributed by atoms with Crippen molar-refractivity contribution in [1.82, 2.24) is 19.2 Å². The summed E-state index contributed by atoms with van der Waals surface area (Å²) < 4.78 is 16.5. The molecule has 0 saturated heterocycles. The predicted octanol–water partition coefficient (Wildman–Crippen LogP) is 4.43. The van der Waals surface area contributed by atoms with Crippen molar-refractivity contribution in [2.75, 3.05) is 13.7 Å². The van der Waals surface area contributed by atoms with E-state index in [-0.39, 0.29) is 6.10 Å². The van der Waals surface area contributed by atoms with Gasteiger partial charge in [-0.1, -0.05) is 36.4 Å². The maximum absolute atomic E-state index is 6.15. The van der Waals surface area contributed by atoms with Crippen LogP contribution < -0.4 is 9.47 Å². The number of aryl methyl sites for hydroxylation is 1. The van der Waals surface area contributed by atoms with Crippen LogP contribution in [0.25, 0.3) is 0 Å². The van der Waals surface area contributed by atoms with Crippen molar-refractivity contribution in [3.05, 3.63) is 70.3 Å². The molecule has 0 saturated carbocycles. The first kappa shape index (κ1) is 19.3. The molecule has 0 fully saturated rings. The molecule has 3 aromatic rings. The first-order valence-corrected chi connectivity index (χ1v) is 10.8. The van der Waals surface area contributed by atoms with E-state index < -0.39 is 0 Å². The van der Waals surface area contributed by atoms with Crippen LogP contribution in [-0.4, -0.2) is 32.9 Å². The standard InChI is InChI=1S/C23H26N4O2S/c1-25(18-11-7-9-16-8-3-4-10-17(16)18)15-27-23(30)26(2)22(24-27)21-14-28-19-12-5-6-13-20(19)29-21/h3-6,8,10,12-13,18,21H,7,9,11,14-15H2,1-2H3/t18-,21-/m1/s1.